The SMILES string of the molecule is COC(=O)c1ccc(CN2CCN(c3cnccn3)CC2)o1. The van der Waals surface area contributed by atoms with E-state index in [4.69, 9.17) is 4.42 Å². The number of piperazine rings is 1. The summed E-state index contributed by atoms with van der Waals surface area (Å²) in [6.45, 7) is 4.29. The van der Waals surface area contributed by atoms with Crippen molar-refractivity contribution in [1.29, 1.82) is 0 Å². The summed E-state index contributed by atoms with van der Waals surface area (Å²) in [6.07, 6.45) is 5.17. The minimum Gasteiger partial charge on any atom is -0.463 e. The summed E-state index contributed by atoms with van der Waals surface area (Å²) in [5.41, 5.74) is 0. The smallest absolute Gasteiger partial charge is 0.373 e. The number of esters is 1. The molecule has 0 saturated carbocycles. The molecular formula is C15H18N4O3. The van der Waals surface area contributed by atoms with Crippen molar-refractivity contribution in [3.8, 4) is 0 Å². The van der Waals surface area contributed by atoms with Crippen LogP contribution in [-0.2, 0) is 11.3 Å². The second-order valence-corrected chi connectivity index (χ2v) is 5.08. The highest BCUT2D eigenvalue weighted by atomic mass is 16.5. The zero-order chi connectivity index (χ0) is 15.4. The molecule has 0 atom stereocenters. The van der Waals surface area contributed by atoms with Crippen LogP contribution < -0.4 is 4.90 Å². The highest BCUT2D eigenvalue weighted by Crippen LogP contribution is 2.15. The molecule has 0 unspecified atom stereocenters. The lowest BCUT2D eigenvalue weighted by molar-refractivity contribution is 0.0561. The maximum atomic E-state index is 11.4. The molecule has 1 saturated heterocycles. The Bertz CT molecular complexity index is 621. The van der Waals surface area contributed by atoms with Gasteiger partial charge in [-0.15, -0.1) is 0 Å². The molecule has 1 fully saturated rings. The summed E-state index contributed by atoms with van der Waals surface area (Å²) in [6, 6.07) is 3.47. The Morgan fingerprint density at radius 2 is 2.09 bits per heavy atom. The standard InChI is InChI=1S/C15H18N4O3/c1-21-15(20)13-3-2-12(22-13)11-18-6-8-19(9-7-18)14-10-16-4-5-17-14/h2-5,10H,6-9,11H2,1H3. The zero-order valence-electron chi connectivity index (χ0n) is 12.4. The second-order valence-electron chi connectivity index (χ2n) is 5.08. The number of nitrogens with zero attached hydrogens (tertiary/aromatic N) is 4. The van der Waals surface area contributed by atoms with Gasteiger partial charge in [0.15, 0.2) is 0 Å². The third kappa shape index (κ3) is 3.25. The first-order valence-corrected chi connectivity index (χ1v) is 7.16. The number of carbonyl (C=O) groups excluding carboxylic acids is 1. The topological polar surface area (TPSA) is 71.7 Å². The van der Waals surface area contributed by atoms with Gasteiger partial charge >= 0.3 is 5.97 Å². The Kier molecular flexibility index (Phi) is 4.34. The minimum atomic E-state index is -0.446. The van der Waals surface area contributed by atoms with Crippen LogP contribution in [0.4, 0.5) is 5.82 Å². The van der Waals surface area contributed by atoms with Crippen molar-refractivity contribution in [2.75, 3.05) is 38.2 Å². The molecule has 22 heavy (non-hydrogen) atoms. The van der Waals surface area contributed by atoms with Crippen LogP contribution in [0, 0.1) is 0 Å². The van der Waals surface area contributed by atoms with Crippen molar-refractivity contribution >= 4 is 11.8 Å². The summed E-state index contributed by atoms with van der Waals surface area (Å²) >= 11 is 0. The monoisotopic (exact) mass is 302 g/mol. The van der Waals surface area contributed by atoms with Crippen molar-refractivity contribution in [1.82, 2.24) is 14.9 Å². The number of hydrogen-bond donors (Lipinski definition) is 0. The molecule has 0 amide bonds. The fourth-order valence-corrected chi connectivity index (χ4v) is 2.48. The average molecular weight is 302 g/mol. The van der Waals surface area contributed by atoms with E-state index in [2.05, 4.69) is 24.5 Å². The third-order valence-corrected chi connectivity index (χ3v) is 3.67. The van der Waals surface area contributed by atoms with E-state index >= 15 is 0 Å². The highest BCUT2D eigenvalue weighted by Gasteiger charge is 2.20. The van der Waals surface area contributed by atoms with Gasteiger partial charge in [0.1, 0.15) is 11.6 Å². The predicted molar refractivity (Wildman–Crippen MR) is 79.6 cm³/mol. The number of carbonyl (C=O) groups is 1. The van der Waals surface area contributed by atoms with E-state index in [1.165, 1.54) is 7.11 Å². The first-order valence-electron chi connectivity index (χ1n) is 7.16. The van der Waals surface area contributed by atoms with Gasteiger partial charge < -0.3 is 14.1 Å². The lowest BCUT2D eigenvalue weighted by Gasteiger charge is -2.34. The molecule has 3 rings (SSSR count). The van der Waals surface area contributed by atoms with E-state index in [0.29, 0.717) is 6.54 Å². The summed E-state index contributed by atoms with van der Waals surface area (Å²) in [7, 11) is 1.34. The van der Waals surface area contributed by atoms with Crippen LogP contribution in [0.25, 0.3) is 0 Å². The lowest BCUT2D eigenvalue weighted by atomic mass is 10.3. The van der Waals surface area contributed by atoms with Crippen molar-refractivity contribution in [3.05, 3.63) is 42.2 Å². The quantitative estimate of drug-likeness (QED) is 0.785. The van der Waals surface area contributed by atoms with Crippen LogP contribution in [0.2, 0.25) is 0 Å². The van der Waals surface area contributed by atoms with Crippen LogP contribution in [0.3, 0.4) is 0 Å². The summed E-state index contributed by atoms with van der Waals surface area (Å²) in [5.74, 6) is 1.48. The summed E-state index contributed by atoms with van der Waals surface area (Å²) in [4.78, 5) is 24.3. The van der Waals surface area contributed by atoms with Crippen LogP contribution in [-0.4, -0.2) is 54.1 Å². The Morgan fingerprint density at radius 1 is 1.27 bits per heavy atom. The molecule has 0 N–H and O–H groups in total. The maximum absolute atomic E-state index is 11.4. The Morgan fingerprint density at radius 3 is 2.77 bits per heavy atom. The van der Waals surface area contributed by atoms with Crippen LogP contribution in [0.15, 0.2) is 35.1 Å². The second kappa shape index (κ2) is 6.57. The molecule has 2 aromatic heterocycles. The fraction of sp³-hybridized carbons (Fsp3) is 0.400. The van der Waals surface area contributed by atoms with Gasteiger partial charge in [0.2, 0.25) is 5.76 Å². The van der Waals surface area contributed by atoms with E-state index in [1.807, 2.05) is 6.07 Å². The average Bonchev–Trinajstić information content (AvgIpc) is 3.04. The number of anilines is 1. The first-order chi connectivity index (χ1) is 10.8. The molecule has 7 heteroatoms. The normalized spacial score (nSPS) is 15.8. The number of methoxy groups -OCH3 is 1. The van der Waals surface area contributed by atoms with Gasteiger partial charge in [0, 0.05) is 38.6 Å². The van der Waals surface area contributed by atoms with Crippen LogP contribution >= 0.6 is 0 Å². The molecular weight excluding hydrogens is 284 g/mol. The van der Waals surface area contributed by atoms with E-state index < -0.39 is 5.97 Å². The van der Waals surface area contributed by atoms with Gasteiger partial charge in [-0.05, 0) is 12.1 Å². The van der Waals surface area contributed by atoms with Crippen LogP contribution in [0.5, 0.6) is 0 Å². The molecule has 1 aliphatic rings. The zero-order valence-corrected chi connectivity index (χ0v) is 12.4. The molecule has 116 valence electrons. The maximum Gasteiger partial charge on any atom is 0.373 e. The number of furan rings is 1. The predicted octanol–water partition coefficient (Wildman–Crippen LogP) is 1.18. The van der Waals surface area contributed by atoms with Gasteiger partial charge in [-0.3, -0.25) is 9.88 Å². The van der Waals surface area contributed by atoms with Gasteiger partial charge in [0.25, 0.3) is 0 Å². The molecule has 2 aromatic rings. The molecule has 0 radical (unpaired) electrons. The van der Waals surface area contributed by atoms with Gasteiger partial charge in [-0.1, -0.05) is 0 Å². The van der Waals surface area contributed by atoms with Crippen molar-refractivity contribution in [2.45, 2.75) is 6.54 Å². The largest absolute Gasteiger partial charge is 0.463 e. The van der Waals surface area contributed by atoms with E-state index in [-0.39, 0.29) is 5.76 Å². The molecule has 0 aromatic carbocycles. The van der Waals surface area contributed by atoms with E-state index in [0.717, 1.165) is 37.8 Å². The Hall–Kier alpha value is -2.41. The fourth-order valence-electron chi connectivity index (χ4n) is 2.48. The van der Waals surface area contributed by atoms with Gasteiger partial charge in [0.05, 0.1) is 19.9 Å². The Labute approximate surface area is 128 Å². The van der Waals surface area contributed by atoms with Gasteiger partial charge in [-0.25, -0.2) is 9.78 Å². The molecule has 7 nitrogen and oxygen atoms in total. The van der Waals surface area contributed by atoms with Gasteiger partial charge in [-0.2, -0.15) is 0 Å². The lowest BCUT2D eigenvalue weighted by Crippen LogP contribution is -2.46. The number of hydrogen-bond acceptors (Lipinski definition) is 7. The van der Waals surface area contributed by atoms with Crippen molar-refractivity contribution in [3.63, 3.8) is 0 Å². The number of ether oxygens (including phenoxy) is 1. The molecule has 1 aliphatic heterocycles. The third-order valence-electron chi connectivity index (χ3n) is 3.67. The van der Waals surface area contributed by atoms with E-state index in [1.54, 1.807) is 24.7 Å². The van der Waals surface area contributed by atoms with Crippen LogP contribution in [0.1, 0.15) is 16.3 Å². The van der Waals surface area contributed by atoms with Crippen molar-refractivity contribution < 1.29 is 13.9 Å². The highest BCUT2D eigenvalue weighted by molar-refractivity contribution is 5.86. The van der Waals surface area contributed by atoms with E-state index in [9.17, 15) is 4.79 Å². The minimum absolute atomic E-state index is 0.246. The number of rotatable bonds is 4. The summed E-state index contributed by atoms with van der Waals surface area (Å²) in [5, 5.41) is 0. The van der Waals surface area contributed by atoms with Crippen molar-refractivity contribution in [2.24, 2.45) is 0 Å². The molecule has 0 bridgehead atoms. The first kappa shape index (κ1) is 14.5. The molecule has 3 heterocycles. The Balaban J connectivity index is 1.54. The summed E-state index contributed by atoms with van der Waals surface area (Å²) < 4.78 is 10.1. The molecule has 0 aliphatic carbocycles. The molecule has 0 spiro atoms. The number of aromatic nitrogens is 2.